The summed E-state index contributed by atoms with van der Waals surface area (Å²) in [6.07, 6.45) is 2.46. The van der Waals surface area contributed by atoms with Crippen molar-refractivity contribution in [2.45, 2.75) is 0 Å². The van der Waals surface area contributed by atoms with Crippen molar-refractivity contribution in [1.29, 1.82) is 0 Å². The molecule has 2 rings (SSSR count). The Hall–Kier alpha value is -1.35. The van der Waals surface area contributed by atoms with E-state index < -0.39 is 0 Å². The Kier molecular flexibility index (Phi) is 1.59. The van der Waals surface area contributed by atoms with Crippen LogP contribution < -0.4 is 0 Å². The average molecular weight is 181 g/mol. The topological polar surface area (TPSA) is 34.4 Å². The van der Waals surface area contributed by atoms with E-state index >= 15 is 0 Å². The number of hydrogen-bond donors (Lipinski definition) is 0. The fraction of sp³-hybridized carbons (Fsp3) is 0. The van der Waals surface area contributed by atoms with Gasteiger partial charge in [-0.15, -0.1) is 0 Å². The van der Waals surface area contributed by atoms with Crippen LogP contribution in [0.2, 0.25) is 5.15 Å². The number of nitrogens with zero attached hydrogens (tertiary/aromatic N) is 2. The first kappa shape index (κ1) is 7.31. The molecule has 0 bridgehead atoms. The number of carbonyl (C=O) groups excluding carboxylic acids is 1. The molecule has 0 aliphatic rings. The third-order valence-electron chi connectivity index (χ3n) is 1.65. The maximum Gasteiger partial charge on any atom is 0.162 e. The summed E-state index contributed by atoms with van der Waals surface area (Å²) in [7, 11) is 0. The van der Waals surface area contributed by atoms with Crippen LogP contribution in [-0.2, 0) is 0 Å². The minimum absolute atomic E-state index is 0.246. The van der Waals surface area contributed by atoms with Crippen molar-refractivity contribution in [2.75, 3.05) is 0 Å². The van der Waals surface area contributed by atoms with E-state index in [1.807, 2.05) is 12.1 Å². The van der Waals surface area contributed by atoms with Gasteiger partial charge in [-0.3, -0.25) is 4.79 Å². The molecule has 2 aromatic rings. The van der Waals surface area contributed by atoms with E-state index in [0.29, 0.717) is 11.8 Å². The lowest BCUT2D eigenvalue weighted by atomic mass is 10.3. The molecule has 60 valence electrons. The second-order valence-corrected chi connectivity index (χ2v) is 2.71. The number of carbonyl (C=O) groups is 1. The monoisotopic (exact) mass is 180 g/mol. The van der Waals surface area contributed by atoms with Crippen LogP contribution >= 0.6 is 11.6 Å². The highest BCUT2D eigenvalue weighted by Gasteiger charge is 2.07. The first-order valence-corrected chi connectivity index (χ1v) is 3.79. The van der Waals surface area contributed by atoms with Gasteiger partial charge in [0.25, 0.3) is 0 Å². The first-order valence-electron chi connectivity index (χ1n) is 3.41. The van der Waals surface area contributed by atoms with Crippen molar-refractivity contribution in [3.05, 3.63) is 35.1 Å². The van der Waals surface area contributed by atoms with Crippen LogP contribution in [-0.4, -0.2) is 15.9 Å². The van der Waals surface area contributed by atoms with Gasteiger partial charge in [-0.2, -0.15) is 5.10 Å². The van der Waals surface area contributed by atoms with Gasteiger partial charge < -0.3 is 0 Å². The number of halogens is 1. The van der Waals surface area contributed by atoms with Gasteiger partial charge >= 0.3 is 0 Å². The van der Waals surface area contributed by atoms with Gasteiger partial charge in [-0.05, 0) is 12.1 Å². The lowest BCUT2D eigenvalue weighted by Gasteiger charge is -1.88. The summed E-state index contributed by atoms with van der Waals surface area (Å²) >= 11 is 5.70. The summed E-state index contributed by atoms with van der Waals surface area (Å²) in [5.41, 5.74) is 1.18. The van der Waals surface area contributed by atoms with Gasteiger partial charge in [-0.25, -0.2) is 4.52 Å². The third kappa shape index (κ3) is 0.905. The molecule has 2 heterocycles. The van der Waals surface area contributed by atoms with Crippen molar-refractivity contribution < 1.29 is 4.79 Å². The van der Waals surface area contributed by atoms with Gasteiger partial charge in [0.1, 0.15) is 0 Å². The van der Waals surface area contributed by atoms with E-state index in [9.17, 15) is 4.79 Å². The SMILES string of the molecule is O=Cc1c(Cl)nn2ccccc12. The van der Waals surface area contributed by atoms with Crippen molar-refractivity contribution in [2.24, 2.45) is 0 Å². The van der Waals surface area contributed by atoms with Crippen LogP contribution in [0.25, 0.3) is 5.52 Å². The maximum absolute atomic E-state index is 10.6. The Labute approximate surface area is 73.6 Å². The molecule has 12 heavy (non-hydrogen) atoms. The molecule has 0 saturated heterocycles. The number of aldehydes is 1. The number of fused-ring (bicyclic) bond motifs is 1. The van der Waals surface area contributed by atoms with E-state index in [1.54, 1.807) is 16.8 Å². The van der Waals surface area contributed by atoms with Gasteiger partial charge in [-0.1, -0.05) is 17.7 Å². The zero-order valence-corrected chi connectivity index (χ0v) is 6.82. The molecule has 0 spiro atoms. The molecule has 0 radical (unpaired) electrons. The van der Waals surface area contributed by atoms with Crippen LogP contribution in [0.1, 0.15) is 10.4 Å². The summed E-state index contributed by atoms with van der Waals surface area (Å²) in [4.78, 5) is 10.6. The molecule has 0 N–H and O–H groups in total. The van der Waals surface area contributed by atoms with E-state index in [0.717, 1.165) is 5.52 Å². The van der Waals surface area contributed by atoms with Crippen LogP contribution in [0.5, 0.6) is 0 Å². The minimum Gasteiger partial charge on any atom is -0.298 e. The van der Waals surface area contributed by atoms with Crippen LogP contribution in [0, 0.1) is 0 Å². The molecule has 0 aromatic carbocycles. The van der Waals surface area contributed by atoms with Crippen LogP contribution in [0.3, 0.4) is 0 Å². The van der Waals surface area contributed by atoms with Gasteiger partial charge in [0.05, 0.1) is 11.1 Å². The van der Waals surface area contributed by atoms with E-state index in [4.69, 9.17) is 11.6 Å². The molecular formula is C8H5ClN2O. The van der Waals surface area contributed by atoms with E-state index in [1.165, 1.54) is 0 Å². The predicted octanol–water partition coefficient (Wildman–Crippen LogP) is 1.80. The molecule has 2 aromatic heterocycles. The lowest BCUT2D eigenvalue weighted by molar-refractivity contribution is 0.112. The Balaban J connectivity index is 2.90. The van der Waals surface area contributed by atoms with E-state index in [-0.39, 0.29) is 5.15 Å². The molecule has 0 aliphatic carbocycles. The molecule has 3 nitrogen and oxygen atoms in total. The molecule has 0 aliphatic heterocycles. The van der Waals surface area contributed by atoms with Gasteiger partial charge in [0.2, 0.25) is 0 Å². The number of rotatable bonds is 1. The second-order valence-electron chi connectivity index (χ2n) is 2.35. The Morgan fingerprint density at radius 1 is 1.50 bits per heavy atom. The van der Waals surface area contributed by atoms with E-state index in [2.05, 4.69) is 5.10 Å². The molecule has 4 heteroatoms. The normalized spacial score (nSPS) is 10.4. The largest absolute Gasteiger partial charge is 0.298 e. The third-order valence-corrected chi connectivity index (χ3v) is 1.93. The highest BCUT2D eigenvalue weighted by molar-refractivity contribution is 6.32. The van der Waals surface area contributed by atoms with Gasteiger partial charge in [0.15, 0.2) is 11.4 Å². The highest BCUT2D eigenvalue weighted by atomic mass is 35.5. The Morgan fingerprint density at radius 3 is 3.08 bits per heavy atom. The number of aromatic nitrogens is 2. The molecule has 0 fully saturated rings. The minimum atomic E-state index is 0.246. The zero-order chi connectivity index (χ0) is 8.55. The molecule has 0 unspecified atom stereocenters. The second kappa shape index (κ2) is 2.60. The average Bonchev–Trinajstić information content (AvgIpc) is 2.40. The van der Waals surface area contributed by atoms with Crippen molar-refractivity contribution in [3.8, 4) is 0 Å². The van der Waals surface area contributed by atoms with Crippen molar-refractivity contribution in [1.82, 2.24) is 9.61 Å². The lowest BCUT2D eigenvalue weighted by Crippen LogP contribution is -1.83. The summed E-state index contributed by atoms with van der Waals surface area (Å²) in [5.74, 6) is 0. The summed E-state index contributed by atoms with van der Waals surface area (Å²) in [6.45, 7) is 0. The molecule has 0 saturated carbocycles. The van der Waals surface area contributed by atoms with Gasteiger partial charge in [0, 0.05) is 6.20 Å². The smallest absolute Gasteiger partial charge is 0.162 e. The molecule has 0 amide bonds. The summed E-state index contributed by atoms with van der Waals surface area (Å²) in [5, 5.41) is 4.18. The van der Waals surface area contributed by atoms with Crippen molar-refractivity contribution >= 4 is 23.4 Å². The fourth-order valence-corrected chi connectivity index (χ4v) is 1.32. The Bertz CT molecular complexity index is 436. The summed E-state index contributed by atoms with van der Waals surface area (Å²) < 4.78 is 1.58. The fourth-order valence-electron chi connectivity index (χ4n) is 1.10. The highest BCUT2D eigenvalue weighted by Crippen LogP contribution is 2.17. The first-order chi connectivity index (χ1) is 5.83. The van der Waals surface area contributed by atoms with Crippen LogP contribution in [0.15, 0.2) is 24.4 Å². The quantitative estimate of drug-likeness (QED) is 0.628. The zero-order valence-electron chi connectivity index (χ0n) is 6.07. The summed E-state index contributed by atoms with van der Waals surface area (Å²) in [6, 6.07) is 5.45. The molecular weight excluding hydrogens is 176 g/mol. The molecule has 0 atom stereocenters. The maximum atomic E-state index is 10.6. The van der Waals surface area contributed by atoms with Crippen molar-refractivity contribution in [3.63, 3.8) is 0 Å². The predicted molar refractivity (Wildman–Crippen MR) is 45.6 cm³/mol. The number of hydrogen-bond acceptors (Lipinski definition) is 2. The number of pyridine rings is 1. The Morgan fingerprint density at radius 2 is 2.33 bits per heavy atom. The standard InChI is InChI=1S/C8H5ClN2O/c9-8-6(5-12)7-3-1-2-4-11(7)10-8/h1-5H. The van der Waals surface area contributed by atoms with Crippen LogP contribution in [0.4, 0.5) is 0 Å².